The third-order valence-corrected chi connectivity index (χ3v) is 1.35. The number of hydrogen-bond acceptors (Lipinski definition) is 0. The molecule has 2 heteroatoms. The van der Waals surface area contributed by atoms with Gasteiger partial charge in [0.05, 0.1) is 0 Å². The first-order chi connectivity index (χ1) is 3.91. The van der Waals surface area contributed by atoms with Crippen LogP contribution in [0.1, 0.15) is 45.4 Å². The van der Waals surface area contributed by atoms with Gasteiger partial charge in [0.2, 0.25) is 0 Å². The van der Waals surface area contributed by atoms with Crippen molar-refractivity contribution in [2.75, 3.05) is 0 Å². The Morgan fingerprint density at radius 1 is 0.900 bits per heavy atom. The Morgan fingerprint density at radius 3 is 1.80 bits per heavy atom. The summed E-state index contributed by atoms with van der Waals surface area (Å²) in [5.74, 6) is 0. The van der Waals surface area contributed by atoms with Crippen LogP contribution in [0, 0.1) is 6.92 Å². The number of hydrogen-bond donors (Lipinski definition) is 0. The van der Waals surface area contributed by atoms with Crippen LogP contribution in [0.5, 0.6) is 0 Å². The van der Waals surface area contributed by atoms with E-state index in [1.54, 1.807) is 0 Å². The Morgan fingerprint density at radius 2 is 1.40 bits per heavy atom. The monoisotopic (exact) mass is 129 g/mol. The molecule has 0 spiro atoms. The SMILES string of the molecule is [CH2]CCCCCCC.[LiH].[LiH]. The van der Waals surface area contributed by atoms with Gasteiger partial charge in [0.1, 0.15) is 0 Å². The molecule has 0 fully saturated rings. The molecule has 1 radical (unpaired) electrons. The van der Waals surface area contributed by atoms with Crippen molar-refractivity contribution in [2.24, 2.45) is 0 Å². The molecule has 0 aliphatic heterocycles. The molecule has 0 aliphatic rings. The fourth-order valence-corrected chi connectivity index (χ4v) is 0.780. The van der Waals surface area contributed by atoms with E-state index in [4.69, 9.17) is 0 Å². The fraction of sp³-hybridized carbons (Fsp3) is 0.875. The van der Waals surface area contributed by atoms with Crippen LogP contribution in [-0.4, -0.2) is 37.7 Å². The summed E-state index contributed by atoms with van der Waals surface area (Å²) < 4.78 is 0. The second-order valence-corrected chi connectivity index (χ2v) is 2.27. The van der Waals surface area contributed by atoms with E-state index in [0.29, 0.717) is 0 Å². The predicted molar refractivity (Wildman–Crippen MR) is 53.0 cm³/mol. The minimum atomic E-state index is 0. The van der Waals surface area contributed by atoms with Crippen molar-refractivity contribution in [3.05, 3.63) is 6.92 Å². The molecule has 53 valence electrons. The minimum absolute atomic E-state index is 0. The Bertz CT molecular complexity index is 32.2. The van der Waals surface area contributed by atoms with E-state index in [0.717, 1.165) is 6.42 Å². The zero-order chi connectivity index (χ0) is 6.24. The van der Waals surface area contributed by atoms with Gasteiger partial charge in [0.25, 0.3) is 0 Å². The molecule has 0 atom stereocenters. The maximum atomic E-state index is 3.78. The van der Waals surface area contributed by atoms with Crippen molar-refractivity contribution in [2.45, 2.75) is 45.4 Å². The van der Waals surface area contributed by atoms with Gasteiger partial charge in [0.15, 0.2) is 0 Å². The summed E-state index contributed by atoms with van der Waals surface area (Å²) in [4.78, 5) is 0. The predicted octanol–water partition coefficient (Wildman–Crippen LogP) is 1.88. The van der Waals surface area contributed by atoms with E-state index in [9.17, 15) is 0 Å². The van der Waals surface area contributed by atoms with E-state index in [2.05, 4.69) is 13.8 Å². The maximum absolute atomic E-state index is 3.78. The summed E-state index contributed by atoms with van der Waals surface area (Å²) >= 11 is 0. The molecule has 0 amide bonds. The molecule has 0 bridgehead atoms. The molecule has 0 aromatic carbocycles. The molecule has 0 aliphatic carbocycles. The van der Waals surface area contributed by atoms with Gasteiger partial charge >= 0.3 is 37.7 Å². The zero-order valence-electron chi connectivity index (χ0n) is 5.95. The Balaban J connectivity index is -0.000000245. The van der Waals surface area contributed by atoms with Crippen molar-refractivity contribution >= 4 is 37.7 Å². The molecule has 0 N–H and O–H groups in total. The third-order valence-electron chi connectivity index (χ3n) is 1.35. The molecule has 0 saturated heterocycles. The molecule has 0 rings (SSSR count). The van der Waals surface area contributed by atoms with Gasteiger partial charge in [0, 0.05) is 0 Å². The average Bonchev–Trinajstić information content (AvgIpc) is 1.81. The fourth-order valence-electron chi connectivity index (χ4n) is 0.780. The zero-order valence-corrected chi connectivity index (χ0v) is 5.95. The summed E-state index contributed by atoms with van der Waals surface area (Å²) in [5.41, 5.74) is 0. The second-order valence-electron chi connectivity index (χ2n) is 2.27. The molecule has 0 aromatic heterocycles. The summed E-state index contributed by atoms with van der Waals surface area (Å²) in [5, 5.41) is 0. The second kappa shape index (κ2) is 16.7. The number of unbranched alkanes of at least 4 members (excludes halogenated alkanes) is 5. The van der Waals surface area contributed by atoms with Crippen molar-refractivity contribution < 1.29 is 0 Å². The van der Waals surface area contributed by atoms with Gasteiger partial charge in [-0.25, -0.2) is 0 Å². The first-order valence-electron chi connectivity index (χ1n) is 3.71. The normalized spacial score (nSPS) is 7.80. The first-order valence-corrected chi connectivity index (χ1v) is 3.71. The van der Waals surface area contributed by atoms with E-state index in [1.165, 1.54) is 32.1 Å². The van der Waals surface area contributed by atoms with Crippen LogP contribution in [0.4, 0.5) is 0 Å². The Hall–Kier alpha value is 1.19. The van der Waals surface area contributed by atoms with Crippen LogP contribution in [0.3, 0.4) is 0 Å². The molecule has 0 unspecified atom stereocenters. The van der Waals surface area contributed by atoms with Crippen LogP contribution in [0.25, 0.3) is 0 Å². The summed E-state index contributed by atoms with van der Waals surface area (Å²) in [6.45, 7) is 6.02. The van der Waals surface area contributed by atoms with E-state index >= 15 is 0 Å². The first kappa shape index (κ1) is 17.3. The molecular formula is C8H19Li2. The van der Waals surface area contributed by atoms with Crippen molar-refractivity contribution in [1.82, 2.24) is 0 Å². The van der Waals surface area contributed by atoms with E-state index < -0.39 is 0 Å². The third kappa shape index (κ3) is 16.1. The topological polar surface area (TPSA) is 0 Å². The summed E-state index contributed by atoms with van der Waals surface area (Å²) in [7, 11) is 0. The van der Waals surface area contributed by atoms with Crippen LogP contribution < -0.4 is 0 Å². The average molecular weight is 129 g/mol. The Labute approximate surface area is 89.9 Å². The molecule has 0 saturated carbocycles. The van der Waals surface area contributed by atoms with Gasteiger partial charge < -0.3 is 0 Å². The van der Waals surface area contributed by atoms with Crippen molar-refractivity contribution in [1.29, 1.82) is 0 Å². The quantitative estimate of drug-likeness (QED) is 0.392. The van der Waals surface area contributed by atoms with Crippen LogP contribution >= 0.6 is 0 Å². The van der Waals surface area contributed by atoms with Crippen LogP contribution in [0.15, 0.2) is 0 Å². The van der Waals surface area contributed by atoms with E-state index in [1.807, 2.05) is 0 Å². The molecule has 0 aromatic rings. The molecule has 10 heavy (non-hydrogen) atoms. The van der Waals surface area contributed by atoms with Gasteiger partial charge in [-0.1, -0.05) is 52.4 Å². The van der Waals surface area contributed by atoms with Crippen molar-refractivity contribution in [3.8, 4) is 0 Å². The standard InChI is InChI=1S/C8H17.2Li.2H/c1-3-5-7-8-6-4-2;;;;/h1,3-8H2,2H3;;;;. The van der Waals surface area contributed by atoms with Crippen LogP contribution in [0.2, 0.25) is 0 Å². The number of rotatable bonds is 5. The van der Waals surface area contributed by atoms with Gasteiger partial charge in [-0.3, -0.25) is 0 Å². The molecule has 0 heterocycles. The summed E-state index contributed by atoms with van der Waals surface area (Å²) in [6.07, 6.45) is 7.98. The van der Waals surface area contributed by atoms with Gasteiger partial charge in [-0.2, -0.15) is 0 Å². The molecule has 0 nitrogen and oxygen atoms in total. The van der Waals surface area contributed by atoms with Crippen molar-refractivity contribution in [3.63, 3.8) is 0 Å². The summed E-state index contributed by atoms with van der Waals surface area (Å²) in [6, 6.07) is 0. The van der Waals surface area contributed by atoms with Gasteiger partial charge in [-0.05, 0) is 0 Å². The Kier molecular flexibility index (Phi) is 28.8. The van der Waals surface area contributed by atoms with Crippen LogP contribution in [-0.2, 0) is 0 Å². The molecular weight excluding hydrogens is 110 g/mol. The van der Waals surface area contributed by atoms with Gasteiger partial charge in [-0.15, -0.1) is 0 Å². The van der Waals surface area contributed by atoms with E-state index in [-0.39, 0.29) is 37.7 Å².